The van der Waals surface area contributed by atoms with E-state index in [-0.39, 0.29) is 21.9 Å². The van der Waals surface area contributed by atoms with Crippen molar-refractivity contribution in [2.45, 2.75) is 45.6 Å². The molecule has 0 bridgehead atoms. The Labute approximate surface area is 175 Å². The first kappa shape index (κ1) is 21.1. The second-order valence-corrected chi connectivity index (χ2v) is 8.43. The molecule has 1 aromatic rings. The molecule has 7 nitrogen and oxygen atoms in total. The van der Waals surface area contributed by atoms with Crippen LogP contribution in [0.2, 0.25) is 0 Å². The number of nitrogens with zero attached hydrogens (tertiary/aromatic N) is 3. The van der Waals surface area contributed by atoms with E-state index >= 15 is 0 Å². The van der Waals surface area contributed by atoms with E-state index in [0.717, 1.165) is 30.8 Å². The fourth-order valence-electron chi connectivity index (χ4n) is 3.23. The van der Waals surface area contributed by atoms with Crippen molar-refractivity contribution in [1.29, 1.82) is 0 Å². The maximum Gasteiger partial charge on any atom is 0.358 e. The predicted octanol–water partition coefficient (Wildman–Crippen LogP) is 3.24. The van der Waals surface area contributed by atoms with Gasteiger partial charge in [-0.3, -0.25) is 9.59 Å². The van der Waals surface area contributed by atoms with Crippen LogP contribution in [0, 0.1) is 0 Å². The topological polar surface area (TPSA) is 79.3 Å². The van der Waals surface area contributed by atoms with Crippen LogP contribution in [0.1, 0.15) is 60.7 Å². The smallest absolute Gasteiger partial charge is 0.358 e. The van der Waals surface area contributed by atoms with E-state index in [1.54, 1.807) is 51.4 Å². The zero-order valence-electron chi connectivity index (χ0n) is 16.8. The predicted molar refractivity (Wildman–Crippen MR) is 113 cm³/mol. The second kappa shape index (κ2) is 8.41. The van der Waals surface area contributed by atoms with Gasteiger partial charge in [0.1, 0.15) is 10.6 Å². The molecule has 154 valence electrons. The number of piperidine rings is 1. The highest BCUT2D eigenvalue weighted by Crippen LogP contribution is 2.30. The summed E-state index contributed by atoms with van der Waals surface area (Å²) in [4.78, 5) is 45.8. The van der Waals surface area contributed by atoms with Crippen LogP contribution >= 0.6 is 12.6 Å². The van der Waals surface area contributed by atoms with Crippen molar-refractivity contribution in [3.63, 3.8) is 0 Å². The minimum Gasteiger partial charge on any atom is -0.455 e. The molecule has 0 aliphatic carbocycles. The summed E-state index contributed by atoms with van der Waals surface area (Å²) in [5.74, 6) is -2.01. The Kier molecular flexibility index (Phi) is 6.12. The zero-order valence-corrected chi connectivity index (χ0v) is 17.7. The summed E-state index contributed by atoms with van der Waals surface area (Å²) in [5, 5.41) is -0.0423. The number of benzene rings is 1. The minimum atomic E-state index is -0.826. The molecule has 0 radical (unpaired) electrons. The molecule has 2 heterocycles. The van der Waals surface area contributed by atoms with Gasteiger partial charge in [-0.2, -0.15) is 0 Å². The molecule has 0 unspecified atom stereocenters. The summed E-state index contributed by atoms with van der Waals surface area (Å²) in [6.07, 6.45) is 4.90. The molecule has 1 saturated heterocycles. The van der Waals surface area contributed by atoms with Crippen molar-refractivity contribution >= 4 is 36.8 Å². The van der Waals surface area contributed by atoms with E-state index in [4.69, 9.17) is 4.74 Å². The van der Waals surface area contributed by atoms with Crippen LogP contribution in [0.15, 0.2) is 40.0 Å². The number of imide groups is 1. The minimum absolute atomic E-state index is 0.0423. The molecule has 1 fully saturated rings. The van der Waals surface area contributed by atoms with E-state index in [2.05, 4.69) is 17.6 Å². The number of ether oxygens (including phenoxy) is 1. The standard InChI is InChI=1S/C21H25N3O4S/c1-21(2,3)28-20(27)16(17(29)22-13-23-11-7-4-8-12-23)24-18(25)14-9-5-6-10-15(14)19(24)26/h5-6,9-10,13,29H,4,7-8,11-12H2,1-3H3/b17-16-,22-13+. The van der Waals surface area contributed by atoms with E-state index < -0.39 is 23.4 Å². The first-order valence-electron chi connectivity index (χ1n) is 9.61. The Bertz CT molecular complexity index is 860. The van der Waals surface area contributed by atoms with Crippen LogP contribution in [-0.4, -0.2) is 52.6 Å². The van der Waals surface area contributed by atoms with Gasteiger partial charge in [0.15, 0.2) is 5.70 Å². The molecule has 0 atom stereocenters. The lowest BCUT2D eigenvalue weighted by Gasteiger charge is -2.25. The summed E-state index contributed by atoms with van der Waals surface area (Å²) in [7, 11) is 0. The third-order valence-corrected chi connectivity index (χ3v) is 4.88. The fourth-order valence-corrected chi connectivity index (χ4v) is 3.48. The fraction of sp³-hybridized carbons (Fsp3) is 0.429. The van der Waals surface area contributed by atoms with Gasteiger partial charge in [0.05, 0.1) is 17.5 Å². The highest BCUT2D eigenvalue weighted by Gasteiger charge is 2.42. The molecular weight excluding hydrogens is 390 g/mol. The molecule has 2 amide bonds. The normalized spacial score (nSPS) is 18.2. The Morgan fingerprint density at radius 3 is 2.14 bits per heavy atom. The van der Waals surface area contributed by atoms with Gasteiger partial charge in [-0.25, -0.2) is 14.7 Å². The van der Waals surface area contributed by atoms with E-state index in [1.165, 1.54) is 6.42 Å². The van der Waals surface area contributed by atoms with Crippen molar-refractivity contribution in [3.8, 4) is 0 Å². The number of hydrogen-bond acceptors (Lipinski definition) is 6. The quantitative estimate of drug-likeness (QED) is 0.204. The number of likely N-dealkylation sites (tertiary alicyclic amines) is 1. The van der Waals surface area contributed by atoms with Gasteiger partial charge in [0, 0.05) is 13.1 Å². The van der Waals surface area contributed by atoms with Crippen molar-refractivity contribution in [2.75, 3.05) is 13.1 Å². The van der Waals surface area contributed by atoms with Gasteiger partial charge in [0.2, 0.25) is 0 Å². The SMILES string of the molecule is CC(C)(C)OC(=O)/C(=C(S)\N=C\N1CCCCC1)N1C(=O)c2ccccc2C1=O. The van der Waals surface area contributed by atoms with Gasteiger partial charge in [0.25, 0.3) is 11.8 Å². The van der Waals surface area contributed by atoms with E-state index in [1.807, 2.05) is 4.90 Å². The average molecular weight is 416 g/mol. The molecule has 0 N–H and O–H groups in total. The molecular formula is C21H25N3O4S. The molecule has 0 spiro atoms. The van der Waals surface area contributed by atoms with Crippen molar-refractivity contribution in [3.05, 3.63) is 46.1 Å². The van der Waals surface area contributed by atoms with Gasteiger partial charge < -0.3 is 9.64 Å². The molecule has 0 saturated carbocycles. The lowest BCUT2D eigenvalue weighted by molar-refractivity contribution is -0.151. The Morgan fingerprint density at radius 2 is 1.62 bits per heavy atom. The summed E-state index contributed by atoms with van der Waals surface area (Å²) in [5.41, 5.74) is -0.617. The molecule has 1 aromatic carbocycles. The number of aliphatic imine (C=N–C) groups is 1. The third kappa shape index (κ3) is 4.70. The Morgan fingerprint density at radius 1 is 1.07 bits per heavy atom. The summed E-state index contributed by atoms with van der Waals surface area (Å²) in [6.45, 7) is 6.85. The third-order valence-electron chi connectivity index (χ3n) is 4.56. The number of esters is 1. The summed E-state index contributed by atoms with van der Waals surface area (Å²) >= 11 is 4.36. The molecule has 2 aliphatic heterocycles. The Balaban J connectivity index is 1.99. The average Bonchev–Trinajstić information content (AvgIpc) is 2.92. The van der Waals surface area contributed by atoms with Gasteiger partial charge >= 0.3 is 5.97 Å². The number of carbonyl (C=O) groups excluding carboxylic acids is 3. The zero-order chi connectivity index (χ0) is 21.2. The monoisotopic (exact) mass is 415 g/mol. The summed E-state index contributed by atoms with van der Waals surface area (Å²) < 4.78 is 5.44. The molecule has 3 rings (SSSR count). The lowest BCUT2D eigenvalue weighted by Crippen LogP contribution is -2.37. The maximum absolute atomic E-state index is 12.9. The Hall–Kier alpha value is -2.61. The number of thiol groups is 1. The van der Waals surface area contributed by atoms with Crippen LogP contribution in [0.4, 0.5) is 0 Å². The molecule has 29 heavy (non-hydrogen) atoms. The van der Waals surface area contributed by atoms with Crippen molar-refractivity contribution < 1.29 is 19.1 Å². The van der Waals surface area contributed by atoms with Crippen LogP contribution in [-0.2, 0) is 9.53 Å². The van der Waals surface area contributed by atoms with Gasteiger partial charge in [-0.1, -0.05) is 12.1 Å². The first-order chi connectivity index (χ1) is 13.7. The largest absolute Gasteiger partial charge is 0.455 e. The highest BCUT2D eigenvalue weighted by molar-refractivity contribution is 7.84. The summed E-state index contributed by atoms with van der Waals surface area (Å²) in [6, 6.07) is 6.44. The number of fused-ring (bicyclic) bond motifs is 1. The maximum atomic E-state index is 12.9. The molecule has 8 heteroatoms. The molecule has 0 aromatic heterocycles. The number of hydrogen-bond donors (Lipinski definition) is 1. The lowest BCUT2D eigenvalue weighted by atomic mass is 10.1. The van der Waals surface area contributed by atoms with Gasteiger partial charge in [-0.05, 0) is 52.2 Å². The van der Waals surface area contributed by atoms with Crippen LogP contribution in [0.3, 0.4) is 0 Å². The molecule has 2 aliphatic rings. The van der Waals surface area contributed by atoms with Crippen LogP contribution < -0.4 is 0 Å². The van der Waals surface area contributed by atoms with Crippen LogP contribution in [0.5, 0.6) is 0 Å². The van der Waals surface area contributed by atoms with Crippen LogP contribution in [0.25, 0.3) is 0 Å². The number of rotatable bonds is 4. The van der Waals surface area contributed by atoms with E-state index in [9.17, 15) is 14.4 Å². The van der Waals surface area contributed by atoms with Crippen molar-refractivity contribution in [2.24, 2.45) is 4.99 Å². The van der Waals surface area contributed by atoms with Crippen molar-refractivity contribution in [1.82, 2.24) is 9.80 Å². The van der Waals surface area contributed by atoms with E-state index in [0.29, 0.717) is 0 Å². The highest BCUT2D eigenvalue weighted by atomic mass is 32.1. The second-order valence-electron chi connectivity index (χ2n) is 8.01. The van der Waals surface area contributed by atoms with Gasteiger partial charge in [-0.15, -0.1) is 12.6 Å². The number of amides is 2. The first-order valence-corrected chi connectivity index (χ1v) is 10.1. The number of carbonyl (C=O) groups is 3.